The zero-order valence-corrected chi connectivity index (χ0v) is 15.2. The Kier molecular flexibility index (Phi) is 5.73. The second-order valence-electron chi connectivity index (χ2n) is 7.08. The molecule has 0 radical (unpaired) electrons. The van der Waals surface area contributed by atoms with E-state index in [0.29, 0.717) is 11.7 Å². The number of aryl methyl sites for hydroxylation is 1. The largest absolute Gasteiger partial charge is 0.341 e. The standard InChI is InChI=1S/C16H26N4O2S/c1-5-7-12-18-19-15(23-12)17-13(21)11-8-6-9-20(10-11)14(22)16(2,3)4/h11H,5-10H2,1-4H3,(H,17,19,21)/t11-/m0/s1. The van der Waals surface area contributed by atoms with Gasteiger partial charge in [-0.1, -0.05) is 39.0 Å². The molecule has 1 aliphatic rings. The van der Waals surface area contributed by atoms with Crippen LogP contribution in [-0.2, 0) is 16.0 Å². The van der Waals surface area contributed by atoms with Crippen molar-refractivity contribution >= 4 is 28.3 Å². The van der Waals surface area contributed by atoms with Crippen LogP contribution in [0, 0.1) is 11.3 Å². The van der Waals surface area contributed by atoms with Gasteiger partial charge >= 0.3 is 0 Å². The first-order chi connectivity index (χ1) is 10.8. The SMILES string of the molecule is CCCc1nnc(NC(=O)[C@H]2CCCN(C(=O)C(C)(C)C)C2)s1. The van der Waals surface area contributed by atoms with E-state index in [1.807, 2.05) is 25.7 Å². The van der Waals surface area contributed by atoms with Gasteiger partial charge in [-0.15, -0.1) is 10.2 Å². The maximum absolute atomic E-state index is 12.4. The Morgan fingerprint density at radius 1 is 1.35 bits per heavy atom. The van der Waals surface area contributed by atoms with Crippen molar-refractivity contribution in [3.05, 3.63) is 5.01 Å². The zero-order chi connectivity index (χ0) is 17.0. The van der Waals surface area contributed by atoms with E-state index in [1.165, 1.54) is 11.3 Å². The van der Waals surface area contributed by atoms with Crippen molar-refractivity contribution in [2.75, 3.05) is 18.4 Å². The summed E-state index contributed by atoms with van der Waals surface area (Å²) >= 11 is 1.43. The molecule has 2 amide bonds. The molecule has 1 fully saturated rings. The second kappa shape index (κ2) is 7.38. The Labute approximate surface area is 141 Å². The summed E-state index contributed by atoms with van der Waals surface area (Å²) in [5, 5.41) is 12.4. The van der Waals surface area contributed by atoms with E-state index in [1.54, 1.807) is 0 Å². The number of likely N-dealkylation sites (tertiary alicyclic amines) is 1. The molecule has 0 spiro atoms. The number of amides is 2. The number of piperidine rings is 1. The number of nitrogens with zero attached hydrogens (tertiary/aromatic N) is 3. The van der Waals surface area contributed by atoms with Crippen LogP contribution < -0.4 is 5.32 Å². The molecular weight excluding hydrogens is 312 g/mol. The number of carbonyl (C=O) groups excluding carboxylic acids is 2. The molecule has 1 N–H and O–H groups in total. The minimum atomic E-state index is -0.410. The van der Waals surface area contributed by atoms with E-state index in [9.17, 15) is 9.59 Å². The summed E-state index contributed by atoms with van der Waals surface area (Å²) in [6.45, 7) is 9.05. The summed E-state index contributed by atoms with van der Waals surface area (Å²) < 4.78 is 0. The molecule has 128 valence electrons. The van der Waals surface area contributed by atoms with Crippen LogP contribution >= 0.6 is 11.3 Å². The zero-order valence-electron chi connectivity index (χ0n) is 14.4. The molecular formula is C16H26N4O2S. The van der Waals surface area contributed by atoms with E-state index >= 15 is 0 Å². The van der Waals surface area contributed by atoms with E-state index in [0.717, 1.165) is 37.2 Å². The highest BCUT2D eigenvalue weighted by Crippen LogP contribution is 2.25. The molecule has 2 heterocycles. The Morgan fingerprint density at radius 2 is 2.09 bits per heavy atom. The lowest BCUT2D eigenvalue weighted by Crippen LogP contribution is -2.47. The normalized spacial score (nSPS) is 18.8. The molecule has 1 aromatic heterocycles. The number of rotatable bonds is 4. The first-order valence-corrected chi connectivity index (χ1v) is 9.05. The van der Waals surface area contributed by atoms with Crippen LogP contribution in [0.3, 0.4) is 0 Å². The third-order valence-electron chi connectivity index (χ3n) is 3.88. The van der Waals surface area contributed by atoms with Gasteiger partial charge in [-0.25, -0.2) is 0 Å². The van der Waals surface area contributed by atoms with Crippen molar-refractivity contribution in [1.29, 1.82) is 0 Å². The first kappa shape index (κ1) is 17.8. The fraction of sp³-hybridized carbons (Fsp3) is 0.750. The van der Waals surface area contributed by atoms with Crippen LogP contribution in [-0.4, -0.2) is 40.0 Å². The van der Waals surface area contributed by atoms with Crippen LogP contribution in [0.4, 0.5) is 5.13 Å². The van der Waals surface area contributed by atoms with Crippen LogP contribution in [0.25, 0.3) is 0 Å². The average molecular weight is 338 g/mol. The highest BCUT2D eigenvalue weighted by atomic mass is 32.1. The third kappa shape index (κ3) is 4.73. The monoisotopic (exact) mass is 338 g/mol. The van der Waals surface area contributed by atoms with E-state index < -0.39 is 5.41 Å². The Balaban J connectivity index is 1.95. The maximum atomic E-state index is 12.4. The molecule has 0 bridgehead atoms. The molecule has 0 aliphatic carbocycles. The number of hydrogen-bond donors (Lipinski definition) is 1. The summed E-state index contributed by atoms with van der Waals surface area (Å²) in [6, 6.07) is 0. The van der Waals surface area contributed by atoms with Gasteiger partial charge in [0.1, 0.15) is 5.01 Å². The van der Waals surface area contributed by atoms with E-state index in [2.05, 4.69) is 22.4 Å². The van der Waals surface area contributed by atoms with Gasteiger partial charge in [0.05, 0.1) is 5.92 Å². The van der Waals surface area contributed by atoms with Crippen LogP contribution in [0.15, 0.2) is 0 Å². The third-order valence-corrected chi connectivity index (χ3v) is 4.78. The molecule has 1 aromatic rings. The van der Waals surface area contributed by atoms with Gasteiger partial charge in [-0.05, 0) is 19.3 Å². The minimum absolute atomic E-state index is 0.0596. The van der Waals surface area contributed by atoms with Crippen LogP contribution in [0.2, 0.25) is 0 Å². The number of nitrogens with one attached hydrogen (secondary N) is 1. The Hall–Kier alpha value is -1.50. The summed E-state index contributed by atoms with van der Waals surface area (Å²) in [7, 11) is 0. The van der Waals surface area contributed by atoms with Gasteiger partial charge in [-0.3, -0.25) is 9.59 Å². The van der Waals surface area contributed by atoms with Gasteiger partial charge in [-0.2, -0.15) is 0 Å². The van der Waals surface area contributed by atoms with Crippen LogP contribution in [0.5, 0.6) is 0 Å². The van der Waals surface area contributed by atoms with Crippen molar-refractivity contribution in [1.82, 2.24) is 15.1 Å². The van der Waals surface area contributed by atoms with E-state index in [-0.39, 0.29) is 17.7 Å². The van der Waals surface area contributed by atoms with Gasteiger partial charge in [0.15, 0.2) is 0 Å². The predicted molar refractivity (Wildman–Crippen MR) is 91.3 cm³/mol. The number of anilines is 1. The fourth-order valence-electron chi connectivity index (χ4n) is 2.68. The molecule has 7 heteroatoms. The minimum Gasteiger partial charge on any atom is -0.341 e. The van der Waals surface area contributed by atoms with Crippen molar-refractivity contribution in [2.24, 2.45) is 11.3 Å². The summed E-state index contributed by atoms with van der Waals surface area (Å²) in [6.07, 6.45) is 3.55. The van der Waals surface area contributed by atoms with Gasteiger partial charge in [0, 0.05) is 24.9 Å². The molecule has 23 heavy (non-hydrogen) atoms. The summed E-state index contributed by atoms with van der Waals surface area (Å²) in [5.41, 5.74) is -0.410. The van der Waals surface area contributed by atoms with E-state index in [4.69, 9.17) is 0 Å². The van der Waals surface area contributed by atoms with Crippen LogP contribution in [0.1, 0.15) is 52.0 Å². The topological polar surface area (TPSA) is 75.2 Å². The Morgan fingerprint density at radius 3 is 2.74 bits per heavy atom. The quantitative estimate of drug-likeness (QED) is 0.916. The molecule has 0 saturated carbocycles. The van der Waals surface area contributed by atoms with Gasteiger partial charge < -0.3 is 10.2 Å². The van der Waals surface area contributed by atoms with Gasteiger partial charge in [0.25, 0.3) is 0 Å². The van der Waals surface area contributed by atoms with Crippen molar-refractivity contribution < 1.29 is 9.59 Å². The smallest absolute Gasteiger partial charge is 0.231 e. The molecule has 6 nitrogen and oxygen atoms in total. The summed E-state index contributed by atoms with van der Waals surface area (Å²) in [5.74, 6) is -0.125. The maximum Gasteiger partial charge on any atom is 0.231 e. The molecule has 1 aliphatic heterocycles. The molecule has 2 rings (SSSR count). The first-order valence-electron chi connectivity index (χ1n) is 8.24. The number of hydrogen-bond acceptors (Lipinski definition) is 5. The predicted octanol–water partition coefficient (Wildman–Crippen LogP) is 2.71. The molecule has 1 atom stereocenters. The average Bonchev–Trinajstić information content (AvgIpc) is 2.93. The molecule has 0 aromatic carbocycles. The lowest BCUT2D eigenvalue weighted by Gasteiger charge is -2.35. The van der Waals surface area contributed by atoms with Crippen molar-refractivity contribution in [3.63, 3.8) is 0 Å². The highest BCUT2D eigenvalue weighted by molar-refractivity contribution is 7.15. The lowest BCUT2D eigenvalue weighted by molar-refractivity contribution is -0.142. The highest BCUT2D eigenvalue weighted by Gasteiger charge is 2.33. The second-order valence-corrected chi connectivity index (χ2v) is 8.14. The number of aromatic nitrogens is 2. The fourth-order valence-corrected chi connectivity index (χ4v) is 3.52. The van der Waals surface area contributed by atoms with Crippen molar-refractivity contribution in [3.8, 4) is 0 Å². The Bertz CT molecular complexity index is 565. The van der Waals surface area contributed by atoms with Gasteiger partial charge in [0.2, 0.25) is 16.9 Å². The summed E-state index contributed by atoms with van der Waals surface area (Å²) in [4.78, 5) is 26.7. The lowest BCUT2D eigenvalue weighted by atomic mass is 9.91. The molecule has 0 unspecified atom stereocenters. The van der Waals surface area contributed by atoms with Crippen molar-refractivity contribution in [2.45, 2.75) is 53.4 Å². The number of carbonyl (C=O) groups is 2. The molecule has 1 saturated heterocycles.